The van der Waals surface area contributed by atoms with Gasteiger partial charge >= 0.3 is 33.4 Å². The predicted molar refractivity (Wildman–Crippen MR) is 47.0 cm³/mol. The monoisotopic (exact) mass is 363 g/mol. The van der Waals surface area contributed by atoms with Gasteiger partial charge in [0.2, 0.25) is 0 Å². The maximum absolute atomic E-state index is 12.7. The smallest absolute Gasteiger partial charge is 0.344 e. The Hall–Kier alpha value is -0.830. The van der Waals surface area contributed by atoms with Crippen LogP contribution >= 0.6 is 0 Å². The maximum atomic E-state index is 12.7. The molecule has 0 aliphatic heterocycles. The van der Waals surface area contributed by atoms with Crippen molar-refractivity contribution in [3.8, 4) is 0 Å². The molecule has 4 N–H and O–H groups in total. The molecule has 0 bridgehead atoms. The first-order valence-electron chi connectivity index (χ1n) is 4.19. The molecule has 0 aliphatic carbocycles. The van der Waals surface area contributed by atoms with Crippen molar-refractivity contribution in [3.05, 3.63) is 0 Å². The third kappa shape index (κ3) is 4.09. The summed E-state index contributed by atoms with van der Waals surface area (Å²) in [6.45, 7) is 0. The molecule has 1 unspecified atom stereocenters. The first-order valence-corrected chi connectivity index (χ1v) is 5.63. The van der Waals surface area contributed by atoms with Crippen LogP contribution in [0.1, 0.15) is 6.42 Å². The van der Waals surface area contributed by atoms with Crippen LogP contribution in [-0.2, 0) is 10.1 Å². The average Bonchev–Trinajstić information content (AvgIpc) is 2.12. The van der Waals surface area contributed by atoms with Crippen LogP contribution in [-0.4, -0.2) is 42.4 Å². The summed E-state index contributed by atoms with van der Waals surface area (Å²) in [6.07, 6.45) is -13.8. The number of hydrogen-bond donors (Lipinski definition) is 2. The molecule has 0 radical (unpaired) electrons. The minimum atomic E-state index is -7.13. The summed E-state index contributed by atoms with van der Waals surface area (Å²) in [5.41, 5.74) is 0. The molecule has 0 rings (SSSR count). The highest BCUT2D eigenvalue weighted by Gasteiger charge is 2.80. The van der Waals surface area contributed by atoms with Gasteiger partial charge in [-0.2, -0.15) is 47.9 Å². The Kier molecular flexibility index (Phi) is 6.15. The SMILES string of the molecule is N.O=S(=O)(O)C(F)(F)C(F)(F)C(F)(F)C(F)CC(F)(F)F. The van der Waals surface area contributed by atoms with Crippen molar-refractivity contribution >= 4 is 10.1 Å². The average molecular weight is 363 g/mol. The fourth-order valence-corrected chi connectivity index (χ4v) is 1.34. The molecular weight excluding hydrogens is 356 g/mol. The van der Waals surface area contributed by atoms with Gasteiger partial charge in [-0.3, -0.25) is 4.55 Å². The normalized spacial score (nSPS) is 16.3. The Morgan fingerprint density at radius 1 is 0.905 bits per heavy atom. The van der Waals surface area contributed by atoms with E-state index in [1.807, 2.05) is 0 Å². The zero-order valence-electron chi connectivity index (χ0n) is 9.44. The molecule has 0 aromatic heterocycles. The van der Waals surface area contributed by atoms with E-state index in [0.29, 0.717) is 0 Å². The third-order valence-electron chi connectivity index (χ3n) is 1.91. The molecule has 15 heteroatoms. The van der Waals surface area contributed by atoms with Gasteiger partial charge in [-0.1, -0.05) is 0 Å². The van der Waals surface area contributed by atoms with Gasteiger partial charge in [0.25, 0.3) is 0 Å². The molecule has 4 nitrogen and oxygen atoms in total. The zero-order valence-corrected chi connectivity index (χ0v) is 10.3. The van der Waals surface area contributed by atoms with Gasteiger partial charge in [0, 0.05) is 0 Å². The van der Waals surface area contributed by atoms with Gasteiger partial charge in [0.1, 0.15) is 0 Å². The highest BCUT2D eigenvalue weighted by molar-refractivity contribution is 7.87. The third-order valence-corrected chi connectivity index (χ3v) is 2.82. The molecule has 0 fully saturated rings. The molecule has 0 aliphatic rings. The first-order chi connectivity index (χ1) is 8.38. The second-order valence-electron chi connectivity index (χ2n) is 3.48. The number of rotatable bonds is 5. The number of halogens is 10. The van der Waals surface area contributed by atoms with Crippen molar-refractivity contribution in [2.24, 2.45) is 0 Å². The van der Waals surface area contributed by atoms with E-state index in [1.165, 1.54) is 0 Å². The fourth-order valence-electron chi connectivity index (χ4n) is 0.884. The summed E-state index contributed by atoms with van der Waals surface area (Å²) in [5.74, 6) is -13.8. The van der Waals surface area contributed by atoms with Crippen LogP contribution in [0, 0.1) is 0 Å². The Labute approximate surface area is 110 Å². The maximum Gasteiger partial charge on any atom is 0.438 e. The van der Waals surface area contributed by atoms with Crippen LogP contribution in [0.4, 0.5) is 43.9 Å². The lowest BCUT2D eigenvalue weighted by Gasteiger charge is -2.32. The Morgan fingerprint density at radius 2 is 1.24 bits per heavy atom. The largest absolute Gasteiger partial charge is 0.438 e. The van der Waals surface area contributed by atoms with Crippen LogP contribution < -0.4 is 6.15 Å². The van der Waals surface area contributed by atoms with E-state index in [4.69, 9.17) is 4.55 Å². The van der Waals surface area contributed by atoms with Gasteiger partial charge in [0.15, 0.2) is 6.17 Å². The van der Waals surface area contributed by atoms with Crippen LogP contribution in [0.15, 0.2) is 0 Å². The van der Waals surface area contributed by atoms with E-state index in [9.17, 15) is 52.3 Å². The lowest BCUT2D eigenvalue weighted by molar-refractivity contribution is -0.308. The van der Waals surface area contributed by atoms with E-state index in [-0.39, 0.29) is 6.15 Å². The molecule has 0 saturated carbocycles. The Bertz CT molecular complexity index is 458. The summed E-state index contributed by atoms with van der Waals surface area (Å²) < 4.78 is 150. The van der Waals surface area contributed by atoms with E-state index in [0.717, 1.165) is 0 Å². The lowest BCUT2D eigenvalue weighted by atomic mass is 10.0. The van der Waals surface area contributed by atoms with Crippen LogP contribution in [0.5, 0.6) is 0 Å². The quantitative estimate of drug-likeness (QED) is 0.580. The lowest BCUT2D eigenvalue weighted by Crippen LogP contribution is -2.61. The number of hydrogen-bond acceptors (Lipinski definition) is 3. The zero-order chi connectivity index (χ0) is 16.8. The van der Waals surface area contributed by atoms with Gasteiger partial charge in [-0.25, -0.2) is 4.39 Å². The van der Waals surface area contributed by atoms with E-state index < -0.39 is 46.0 Å². The molecule has 1 atom stereocenters. The molecule has 0 spiro atoms. The van der Waals surface area contributed by atoms with E-state index in [2.05, 4.69) is 0 Å². The van der Waals surface area contributed by atoms with Crippen molar-refractivity contribution < 1.29 is 56.9 Å². The van der Waals surface area contributed by atoms with Crippen molar-refractivity contribution in [3.63, 3.8) is 0 Å². The summed E-state index contributed by atoms with van der Waals surface area (Å²) in [4.78, 5) is 0. The molecule has 0 aromatic carbocycles. The molecular formula is C6H7F10NO3S. The summed E-state index contributed by atoms with van der Waals surface area (Å²) in [5, 5.41) is -6.89. The molecule has 21 heavy (non-hydrogen) atoms. The first kappa shape index (κ1) is 22.5. The summed E-state index contributed by atoms with van der Waals surface area (Å²) in [6, 6.07) is 0. The van der Waals surface area contributed by atoms with Gasteiger partial charge in [-0.15, -0.1) is 0 Å². The number of alkyl halides is 10. The van der Waals surface area contributed by atoms with Crippen molar-refractivity contribution in [1.82, 2.24) is 6.15 Å². The Balaban J connectivity index is 0. The summed E-state index contributed by atoms with van der Waals surface area (Å²) in [7, 11) is -7.13. The highest BCUT2D eigenvalue weighted by atomic mass is 32.2. The van der Waals surface area contributed by atoms with E-state index >= 15 is 0 Å². The van der Waals surface area contributed by atoms with Gasteiger partial charge < -0.3 is 6.15 Å². The van der Waals surface area contributed by atoms with Gasteiger partial charge in [-0.05, 0) is 0 Å². The Morgan fingerprint density at radius 3 is 1.48 bits per heavy atom. The minimum Gasteiger partial charge on any atom is -0.344 e. The van der Waals surface area contributed by atoms with Crippen LogP contribution in [0.3, 0.4) is 0 Å². The van der Waals surface area contributed by atoms with E-state index in [1.54, 1.807) is 0 Å². The fraction of sp³-hybridized carbons (Fsp3) is 1.00. The molecule has 130 valence electrons. The second-order valence-corrected chi connectivity index (χ2v) is 4.94. The van der Waals surface area contributed by atoms with Crippen molar-refractivity contribution in [2.75, 3.05) is 0 Å². The molecule has 0 saturated heterocycles. The topological polar surface area (TPSA) is 89.4 Å². The second kappa shape index (κ2) is 5.75. The molecule has 0 heterocycles. The molecule has 0 aromatic rings. The van der Waals surface area contributed by atoms with Crippen molar-refractivity contribution in [1.29, 1.82) is 0 Å². The van der Waals surface area contributed by atoms with Crippen molar-refractivity contribution in [2.45, 2.75) is 35.9 Å². The molecule has 0 amide bonds. The highest BCUT2D eigenvalue weighted by Crippen LogP contribution is 2.51. The summed E-state index contributed by atoms with van der Waals surface area (Å²) >= 11 is 0. The van der Waals surface area contributed by atoms with Crippen LogP contribution in [0.25, 0.3) is 0 Å². The standard InChI is InChI=1S/C6H4F10O3S.H3N/c7-2(1-3(8,9)10)4(11,12)5(13,14)6(15,16)20(17,18)19;/h2H,1H2,(H,17,18,19);1H3. The minimum absolute atomic E-state index is 0. The van der Waals surface area contributed by atoms with Gasteiger partial charge in [0.05, 0.1) is 6.42 Å². The van der Waals surface area contributed by atoms with Crippen LogP contribution in [0.2, 0.25) is 0 Å². The predicted octanol–water partition coefficient (Wildman–Crippen LogP) is 3.19.